The van der Waals surface area contributed by atoms with E-state index >= 15 is 0 Å². The Morgan fingerprint density at radius 1 is 1.20 bits per heavy atom. The lowest BCUT2D eigenvalue weighted by atomic mass is 10.1. The van der Waals surface area contributed by atoms with Crippen molar-refractivity contribution < 1.29 is 13.9 Å². The first kappa shape index (κ1) is 17.1. The maximum absolute atomic E-state index is 12.8. The lowest BCUT2D eigenvalue weighted by Gasteiger charge is -2.13. The van der Waals surface area contributed by atoms with Gasteiger partial charge in [-0.2, -0.15) is 27.0 Å². The van der Waals surface area contributed by atoms with Crippen molar-refractivity contribution in [3.63, 3.8) is 0 Å². The summed E-state index contributed by atoms with van der Waals surface area (Å²) in [5, 5.41) is 9.30. The van der Waals surface area contributed by atoms with Gasteiger partial charge in [0, 0.05) is 6.54 Å². The molecule has 2 nitrogen and oxygen atoms in total. The van der Waals surface area contributed by atoms with Gasteiger partial charge in [-0.1, -0.05) is 12.1 Å². The second-order valence-corrected chi connectivity index (χ2v) is 2.75. The first-order valence-corrected chi connectivity index (χ1v) is 3.93. The number of aliphatic hydroxyl groups is 1. The van der Waals surface area contributed by atoms with E-state index in [-0.39, 0.29) is 33.5 Å². The molecule has 0 unspecified atom stereocenters. The molecule has 0 saturated heterocycles. The van der Waals surface area contributed by atoms with E-state index in [1.54, 1.807) is 0 Å². The van der Waals surface area contributed by atoms with Crippen LogP contribution in [0.4, 0.5) is 8.78 Å². The van der Waals surface area contributed by atoms with Crippen molar-refractivity contribution in [2.75, 3.05) is 6.54 Å². The molecule has 0 amide bonds. The van der Waals surface area contributed by atoms with Gasteiger partial charge in [-0.3, -0.25) is 0 Å². The number of aliphatic hydroxyl groups excluding tert-OH is 1. The van der Waals surface area contributed by atoms with E-state index in [0.29, 0.717) is 5.56 Å². The summed E-state index contributed by atoms with van der Waals surface area (Å²) in [5.41, 5.74) is 5.36. The van der Waals surface area contributed by atoms with Crippen molar-refractivity contribution >= 4 is 27.0 Å². The van der Waals surface area contributed by atoms with Crippen molar-refractivity contribution in [1.82, 2.24) is 0 Å². The second-order valence-electron chi connectivity index (χ2n) is 2.75. The average molecular weight is 255 g/mol. The van der Waals surface area contributed by atoms with E-state index in [4.69, 9.17) is 5.73 Å². The Morgan fingerprint density at radius 3 is 2.07 bits per heavy atom. The minimum absolute atomic E-state index is 0. The molecule has 0 aliphatic rings. The number of benzene rings is 1. The highest BCUT2D eigenvalue weighted by molar-refractivity contribution is 7.59. The summed E-state index contributed by atoms with van der Waals surface area (Å²) in [6, 6.07) is 5.01. The van der Waals surface area contributed by atoms with Crippen LogP contribution in [-0.2, 0) is 0 Å². The van der Waals surface area contributed by atoms with Crippen molar-refractivity contribution in [2.45, 2.75) is 12.3 Å². The highest BCUT2D eigenvalue weighted by atomic mass is 32.1. The van der Waals surface area contributed by atoms with Crippen LogP contribution in [0.1, 0.15) is 11.7 Å². The number of nitrogens with two attached hydrogens (primary N) is 1. The molecule has 6 heteroatoms. The van der Waals surface area contributed by atoms with E-state index in [1.807, 2.05) is 0 Å². The third-order valence-electron chi connectivity index (χ3n) is 1.78. The first-order chi connectivity index (χ1) is 6.15. The van der Waals surface area contributed by atoms with Crippen LogP contribution >= 0.6 is 27.0 Å². The summed E-state index contributed by atoms with van der Waals surface area (Å²) < 4.78 is 25.3. The van der Waals surface area contributed by atoms with Gasteiger partial charge in [0.2, 0.25) is 0 Å². The van der Waals surface area contributed by atoms with E-state index in [2.05, 4.69) is 0 Å². The molecule has 0 heterocycles. The first-order valence-electron chi connectivity index (χ1n) is 3.93. The smallest absolute Gasteiger partial charge is 0.142 e. The predicted octanol–water partition coefficient (Wildman–Crippen LogP) is 1.38. The summed E-state index contributed by atoms with van der Waals surface area (Å²) >= 11 is 0. The van der Waals surface area contributed by atoms with E-state index in [1.165, 1.54) is 24.3 Å². The molecule has 0 spiro atoms. The van der Waals surface area contributed by atoms with Gasteiger partial charge < -0.3 is 10.8 Å². The Hall–Kier alpha value is -0.300. The zero-order chi connectivity index (χ0) is 9.84. The van der Waals surface area contributed by atoms with Crippen LogP contribution in [0.5, 0.6) is 0 Å². The molecule has 0 bridgehead atoms. The van der Waals surface area contributed by atoms with Crippen LogP contribution < -0.4 is 5.73 Å². The van der Waals surface area contributed by atoms with Crippen molar-refractivity contribution in [1.29, 1.82) is 0 Å². The van der Waals surface area contributed by atoms with Gasteiger partial charge in [0.15, 0.2) is 0 Å². The van der Waals surface area contributed by atoms with E-state index in [0.717, 1.165) is 0 Å². The van der Waals surface area contributed by atoms with Crippen molar-refractivity contribution in [3.05, 3.63) is 35.6 Å². The van der Waals surface area contributed by atoms with E-state index < -0.39 is 18.1 Å². The summed E-state index contributed by atoms with van der Waals surface area (Å²) in [7, 11) is 0. The van der Waals surface area contributed by atoms with Crippen molar-refractivity contribution in [2.24, 2.45) is 5.73 Å². The number of halogens is 2. The fraction of sp³-hybridized carbons (Fsp3) is 0.333. The molecule has 3 N–H and O–H groups in total. The number of hydrogen-bond donors (Lipinski definition) is 2. The topological polar surface area (TPSA) is 46.2 Å². The molecule has 1 aromatic rings. The average Bonchev–Trinajstić information content (AvgIpc) is 2.17. The Kier molecular flexibility index (Phi) is 9.04. The lowest BCUT2D eigenvalue weighted by Crippen LogP contribution is -2.23. The monoisotopic (exact) mass is 255 g/mol. The Balaban J connectivity index is 0. The number of alkyl halides is 1. The highest BCUT2D eigenvalue weighted by Crippen LogP contribution is 2.18. The zero-order valence-electron chi connectivity index (χ0n) is 7.95. The van der Waals surface area contributed by atoms with Crippen LogP contribution in [-0.4, -0.2) is 17.8 Å². The van der Waals surface area contributed by atoms with Gasteiger partial charge in [-0.25, -0.2) is 8.78 Å². The molecule has 15 heavy (non-hydrogen) atoms. The maximum atomic E-state index is 12.8. The molecule has 0 aliphatic heterocycles. The van der Waals surface area contributed by atoms with Gasteiger partial charge in [0.25, 0.3) is 0 Å². The van der Waals surface area contributed by atoms with Crippen LogP contribution in [0.15, 0.2) is 24.3 Å². The predicted molar refractivity (Wildman–Crippen MR) is 66.1 cm³/mol. The van der Waals surface area contributed by atoms with E-state index in [9.17, 15) is 13.9 Å². The third-order valence-corrected chi connectivity index (χ3v) is 1.78. The minimum Gasteiger partial charge on any atom is -0.385 e. The highest BCUT2D eigenvalue weighted by Gasteiger charge is 2.18. The number of hydrogen-bond acceptors (Lipinski definition) is 2. The molecule has 88 valence electrons. The fourth-order valence-corrected chi connectivity index (χ4v) is 0.998. The summed E-state index contributed by atoms with van der Waals surface area (Å²) in [5.74, 6) is -0.417. The van der Waals surface area contributed by atoms with Gasteiger partial charge in [0.05, 0.1) is 0 Å². The molecule has 0 saturated carbocycles. The molecule has 0 fully saturated rings. The maximum Gasteiger partial charge on any atom is 0.142 e. The third kappa shape index (κ3) is 4.83. The number of rotatable bonds is 3. The Morgan fingerprint density at radius 2 is 1.67 bits per heavy atom. The molecule has 0 aromatic heterocycles. The summed E-state index contributed by atoms with van der Waals surface area (Å²) in [6.45, 7) is -0.251. The van der Waals surface area contributed by atoms with Gasteiger partial charge in [-0.15, -0.1) is 0 Å². The molecule has 2 atom stereocenters. The summed E-state index contributed by atoms with van der Waals surface area (Å²) in [4.78, 5) is 0. The second kappa shape index (κ2) is 7.92. The lowest BCUT2D eigenvalue weighted by molar-refractivity contribution is 0.0824. The molecular formula is C9H15F2NOS2. The molecule has 1 rings (SSSR count). The fourth-order valence-electron chi connectivity index (χ4n) is 0.998. The van der Waals surface area contributed by atoms with Crippen LogP contribution in [0.25, 0.3) is 0 Å². The van der Waals surface area contributed by atoms with Gasteiger partial charge >= 0.3 is 0 Å². The standard InChI is InChI=1S/C9H11F2NO.2H2S/c10-7-3-1-6(2-4-7)9(13)8(11)5-12;;/h1-4,8-9,13H,5,12H2;2*1H2/t8-,9-;;/m0../s1. The molecule has 0 radical (unpaired) electrons. The minimum atomic E-state index is -1.51. The molecule has 0 aliphatic carbocycles. The SMILES string of the molecule is NC[C@H](F)[C@@H](O)c1ccc(F)cc1.S.S. The van der Waals surface area contributed by atoms with Crippen LogP contribution in [0, 0.1) is 5.82 Å². The van der Waals surface area contributed by atoms with Crippen LogP contribution in [0.3, 0.4) is 0 Å². The molecule has 1 aromatic carbocycles. The van der Waals surface area contributed by atoms with Crippen LogP contribution in [0.2, 0.25) is 0 Å². The van der Waals surface area contributed by atoms with Gasteiger partial charge in [0.1, 0.15) is 18.1 Å². The van der Waals surface area contributed by atoms with Gasteiger partial charge in [-0.05, 0) is 17.7 Å². The quantitative estimate of drug-likeness (QED) is 0.857. The normalized spacial score (nSPS) is 13.3. The largest absolute Gasteiger partial charge is 0.385 e. The van der Waals surface area contributed by atoms with Crippen molar-refractivity contribution in [3.8, 4) is 0 Å². The molecular weight excluding hydrogens is 240 g/mol. The zero-order valence-corrected chi connectivity index (χ0v) is 9.95. The summed E-state index contributed by atoms with van der Waals surface area (Å²) in [6.07, 6.45) is -2.78. The Bertz CT molecular complexity index is 271. The Labute approximate surface area is 101 Å².